The normalized spacial score (nSPS) is 10.4. The van der Waals surface area contributed by atoms with Gasteiger partial charge >= 0.3 is 0 Å². The Balaban J connectivity index is 1.91. The van der Waals surface area contributed by atoms with Crippen molar-refractivity contribution >= 4 is 17.5 Å². The van der Waals surface area contributed by atoms with Gasteiger partial charge in [-0.1, -0.05) is 0 Å². The molecule has 0 saturated carbocycles. The van der Waals surface area contributed by atoms with E-state index in [1.165, 1.54) is 0 Å². The molecular formula is C20H23N5O3. The highest BCUT2D eigenvalue weighted by molar-refractivity contribution is 5.68. The minimum Gasteiger partial charge on any atom is -0.493 e. The number of benzene rings is 1. The maximum atomic E-state index is 8.99. The lowest BCUT2D eigenvalue weighted by atomic mass is 10.2. The van der Waals surface area contributed by atoms with Crippen molar-refractivity contribution in [2.75, 3.05) is 38.0 Å². The van der Waals surface area contributed by atoms with Crippen molar-refractivity contribution in [2.45, 2.75) is 6.42 Å². The van der Waals surface area contributed by atoms with Gasteiger partial charge in [-0.15, -0.1) is 0 Å². The summed E-state index contributed by atoms with van der Waals surface area (Å²) in [4.78, 5) is 13.2. The summed E-state index contributed by atoms with van der Waals surface area (Å²) in [5, 5.41) is 15.4. The minimum atomic E-state index is 0.103. The van der Waals surface area contributed by atoms with Gasteiger partial charge in [0, 0.05) is 48.9 Å². The molecule has 0 atom stereocenters. The van der Waals surface area contributed by atoms with E-state index in [4.69, 9.17) is 14.6 Å². The fraction of sp³-hybridized carbons (Fsp3) is 0.250. The van der Waals surface area contributed by atoms with Crippen molar-refractivity contribution in [1.29, 1.82) is 0 Å². The second-order valence-electron chi connectivity index (χ2n) is 5.90. The molecule has 0 amide bonds. The third-order valence-corrected chi connectivity index (χ3v) is 3.96. The van der Waals surface area contributed by atoms with Gasteiger partial charge in [0.2, 0.25) is 5.95 Å². The topological polar surface area (TPSA) is 101 Å². The maximum Gasteiger partial charge on any atom is 0.225 e. The average molecular weight is 381 g/mol. The standard InChI is InChI=1S/C20H23N5O3/c1-27-17-7-6-15(11-18(17)28-2)23-19-12-16(14-5-3-8-21-13-14)24-20(25-19)22-9-4-10-26/h3,5-8,11-13,26H,4,9-10H2,1-2H3,(H2,22,23,24,25). The minimum absolute atomic E-state index is 0.103. The zero-order valence-electron chi connectivity index (χ0n) is 15.8. The molecule has 1 aromatic carbocycles. The zero-order chi connectivity index (χ0) is 19.8. The molecule has 0 bridgehead atoms. The number of ether oxygens (including phenoxy) is 2. The van der Waals surface area contributed by atoms with Crippen LogP contribution >= 0.6 is 0 Å². The van der Waals surface area contributed by atoms with Crippen molar-refractivity contribution in [3.8, 4) is 22.8 Å². The van der Waals surface area contributed by atoms with Gasteiger partial charge in [0.1, 0.15) is 5.82 Å². The van der Waals surface area contributed by atoms with Crippen LogP contribution in [0.25, 0.3) is 11.3 Å². The van der Waals surface area contributed by atoms with E-state index < -0.39 is 0 Å². The molecule has 8 nitrogen and oxygen atoms in total. The van der Waals surface area contributed by atoms with Crippen molar-refractivity contribution in [3.63, 3.8) is 0 Å². The fourth-order valence-corrected chi connectivity index (χ4v) is 2.59. The third kappa shape index (κ3) is 4.86. The summed E-state index contributed by atoms with van der Waals surface area (Å²) in [6.45, 7) is 0.675. The second-order valence-corrected chi connectivity index (χ2v) is 5.90. The van der Waals surface area contributed by atoms with E-state index in [2.05, 4.69) is 25.6 Å². The first-order valence-corrected chi connectivity index (χ1v) is 8.86. The Morgan fingerprint density at radius 2 is 1.89 bits per heavy atom. The molecule has 0 aliphatic carbocycles. The molecule has 2 aromatic heterocycles. The van der Waals surface area contributed by atoms with Crippen LogP contribution in [0.3, 0.4) is 0 Å². The van der Waals surface area contributed by atoms with Gasteiger partial charge in [0.05, 0.1) is 19.9 Å². The zero-order valence-corrected chi connectivity index (χ0v) is 15.8. The highest BCUT2D eigenvalue weighted by Gasteiger charge is 2.09. The molecule has 0 unspecified atom stereocenters. The number of rotatable bonds is 9. The van der Waals surface area contributed by atoms with Gasteiger partial charge in [-0.2, -0.15) is 4.98 Å². The van der Waals surface area contributed by atoms with E-state index >= 15 is 0 Å². The summed E-state index contributed by atoms with van der Waals surface area (Å²) in [5.74, 6) is 2.36. The van der Waals surface area contributed by atoms with Crippen molar-refractivity contribution in [2.24, 2.45) is 0 Å². The lowest BCUT2D eigenvalue weighted by Gasteiger charge is -2.13. The Bertz CT molecular complexity index is 906. The number of aliphatic hydroxyl groups is 1. The molecule has 0 saturated heterocycles. The van der Waals surface area contributed by atoms with Gasteiger partial charge in [0.15, 0.2) is 11.5 Å². The Morgan fingerprint density at radius 3 is 2.61 bits per heavy atom. The number of nitrogens with zero attached hydrogens (tertiary/aromatic N) is 3. The number of aliphatic hydroxyl groups excluding tert-OH is 1. The molecule has 28 heavy (non-hydrogen) atoms. The molecule has 0 aliphatic rings. The smallest absolute Gasteiger partial charge is 0.225 e. The number of hydrogen-bond acceptors (Lipinski definition) is 8. The highest BCUT2D eigenvalue weighted by atomic mass is 16.5. The Kier molecular flexibility index (Phi) is 6.59. The molecule has 146 valence electrons. The molecule has 0 spiro atoms. The van der Waals surface area contributed by atoms with Crippen LogP contribution < -0.4 is 20.1 Å². The summed E-state index contributed by atoms with van der Waals surface area (Å²) < 4.78 is 10.6. The van der Waals surface area contributed by atoms with Crippen LogP contribution in [0.2, 0.25) is 0 Å². The van der Waals surface area contributed by atoms with E-state index in [0.717, 1.165) is 16.9 Å². The lowest BCUT2D eigenvalue weighted by Crippen LogP contribution is -2.08. The lowest BCUT2D eigenvalue weighted by molar-refractivity contribution is 0.292. The third-order valence-electron chi connectivity index (χ3n) is 3.96. The van der Waals surface area contributed by atoms with Crippen molar-refractivity contribution in [1.82, 2.24) is 15.0 Å². The first-order chi connectivity index (χ1) is 13.7. The Morgan fingerprint density at radius 1 is 1.04 bits per heavy atom. The number of methoxy groups -OCH3 is 2. The number of nitrogens with one attached hydrogen (secondary N) is 2. The predicted molar refractivity (Wildman–Crippen MR) is 108 cm³/mol. The van der Waals surface area contributed by atoms with Gasteiger partial charge < -0.3 is 25.2 Å². The van der Waals surface area contributed by atoms with Crippen LogP contribution in [0.4, 0.5) is 17.5 Å². The molecule has 8 heteroatoms. The van der Waals surface area contributed by atoms with Crippen LogP contribution in [-0.2, 0) is 0 Å². The van der Waals surface area contributed by atoms with Gasteiger partial charge in [-0.3, -0.25) is 4.98 Å². The van der Waals surface area contributed by atoms with Gasteiger partial charge in [-0.25, -0.2) is 4.98 Å². The predicted octanol–water partition coefficient (Wildman–Crippen LogP) is 3.09. The van der Waals surface area contributed by atoms with Crippen LogP contribution in [-0.4, -0.2) is 47.4 Å². The van der Waals surface area contributed by atoms with Crippen LogP contribution in [0, 0.1) is 0 Å². The van der Waals surface area contributed by atoms with Crippen molar-refractivity contribution < 1.29 is 14.6 Å². The van der Waals surface area contributed by atoms with E-state index in [9.17, 15) is 0 Å². The van der Waals surface area contributed by atoms with E-state index in [1.54, 1.807) is 26.6 Å². The molecular weight excluding hydrogens is 358 g/mol. The summed E-state index contributed by atoms with van der Waals surface area (Å²) >= 11 is 0. The van der Waals surface area contributed by atoms with Crippen LogP contribution in [0.5, 0.6) is 11.5 Å². The van der Waals surface area contributed by atoms with Gasteiger partial charge in [0.25, 0.3) is 0 Å². The molecule has 2 heterocycles. The van der Waals surface area contributed by atoms with E-state index in [1.807, 2.05) is 36.4 Å². The molecule has 0 aliphatic heterocycles. The SMILES string of the molecule is COc1ccc(Nc2cc(-c3cccnc3)nc(NCCCO)n2)cc1OC. The number of aromatic nitrogens is 3. The summed E-state index contributed by atoms with van der Waals surface area (Å²) in [7, 11) is 3.19. The fourth-order valence-electron chi connectivity index (χ4n) is 2.59. The molecule has 0 fully saturated rings. The first-order valence-electron chi connectivity index (χ1n) is 8.86. The quantitative estimate of drug-likeness (QED) is 0.486. The molecule has 3 aromatic rings. The Hall–Kier alpha value is -3.39. The largest absolute Gasteiger partial charge is 0.493 e. The average Bonchev–Trinajstić information content (AvgIpc) is 2.74. The van der Waals surface area contributed by atoms with Crippen LogP contribution in [0.15, 0.2) is 48.8 Å². The Labute approximate surface area is 163 Å². The summed E-state index contributed by atoms with van der Waals surface area (Å²) in [6, 6.07) is 11.2. The molecule has 0 radical (unpaired) electrons. The number of pyridine rings is 1. The summed E-state index contributed by atoms with van der Waals surface area (Å²) in [6.07, 6.45) is 4.08. The van der Waals surface area contributed by atoms with E-state index in [-0.39, 0.29) is 6.61 Å². The summed E-state index contributed by atoms with van der Waals surface area (Å²) in [5.41, 5.74) is 2.41. The molecule has 3 N–H and O–H groups in total. The first kappa shape index (κ1) is 19.4. The van der Waals surface area contributed by atoms with E-state index in [0.29, 0.717) is 36.2 Å². The monoisotopic (exact) mass is 381 g/mol. The molecule has 3 rings (SSSR count). The number of anilines is 3. The highest BCUT2D eigenvalue weighted by Crippen LogP contribution is 2.31. The van der Waals surface area contributed by atoms with Crippen molar-refractivity contribution in [3.05, 3.63) is 48.8 Å². The maximum absolute atomic E-state index is 8.99. The second kappa shape index (κ2) is 9.52. The number of hydrogen-bond donors (Lipinski definition) is 3. The van der Waals surface area contributed by atoms with Gasteiger partial charge in [-0.05, 0) is 30.7 Å². The van der Waals surface area contributed by atoms with Crippen LogP contribution in [0.1, 0.15) is 6.42 Å².